The SMILES string of the molecule is CCc1ccc(CC(O)(CC(=O)C(=O)N(C)O)c2ccc(O)c(O)c2)cc1. The first kappa shape index (κ1) is 20.4. The van der Waals surface area contributed by atoms with Crippen LogP contribution in [0, 0.1) is 0 Å². The molecule has 2 aromatic rings. The fourth-order valence-corrected chi connectivity index (χ4v) is 2.83. The summed E-state index contributed by atoms with van der Waals surface area (Å²) in [4.78, 5) is 23.9. The number of benzene rings is 2. The number of amides is 1. The van der Waals surface area contributed by atoms with E-state index in [1.807, 2.05) is 31.2 Å². The number of hydrogen-bond donors (Lipinski definition) is 4. The second-order valence-corrected chi connectivity index (χ2v) is 6.51. The van der Waals surface area contributed by atoms with Crippen molar-refractivity contribution in [1.29, 1.82) is 0 Å². The molecule has 0 saturated carbocycles. The number of nitrogens with zero attached hydrogens (tertiary/aromatic N) is 1. The molecule has 1 amide bonds. The molecule has 7 heteroatoms. The number of ketones is 1. The van der Waals surface area contributed by atoms with Gasteiger partial charge in [0.25, 0.3) is 0 Å². The molecular formula is C20H23NO6. The van der Waals surface area contributed by atoms with Gasteiger partial charge in [-0.3, -0.25) is 14.8 Å². The minimum absolute atomic E-state index is 0.00459. The number of likely N-dealkylation sites (N-methyl/N-ethyl adjacent to an activating group) is 1. The molecule has 0 heterocycles. The summed E-state index contributed by atoms with van der Waals surface area (Å²) in [5, 5.41) is 39.8. The Morgan fingerprint density at radius 2 is 1.59 bits per heavy atom. The van der Waals surface area contributed by atoms with Crippen molar-refractivity contribution in [2.24, 2.45) is 0 Å². The van der Waals surface area contributed by atoms with Crippen molar-refractivity contribution in [2.45, 2.75) is 31.8 Å². The number of phenols is 2. The van der Waals surface area contributed by atoms with Gasteiger partial charge in [0.15, 0.2) is 11.5 Å². The number of carbonyl (C=O) groups is 2. The van der Waals surface area contributed by atoms with Gasteiger partial charge in [0, 0.05) is 19.9 Å². The molecule has 2 aromatic carbocycles. The number of rotatable bonds is 7. The van der Waals surface area contributed by atoms with Crippen molar-refractivity contribution in [3.8, 4) is 11.5 Å². The molecule has 1 atom stereocenters. The topological polar surface area (TPSA) is 118 Å². The third-order valence-corrected chi connectivity index (χ3v) is 4.43. The number of aryl methyl sites for hydroxylation is 1. The summed E-state index contributed by atoms with van der Waals surface area (Å²) in [6.45, 7) is 2.01. The largest absolute Gasteiger partial charge is 0.504 e. The molecule has 0 aliphatic heterocycles. The highest BCUT2D eigenvalue weighted by atomic mass is 16.5. The molecule has 0 spiro atoms. The molecule has 144 valence electrons. The highest BCUT2D eigenvalue weighted by Crippen LogP contribution is 2.35. The van der Waals surface area contributed by atoms with Crippen molar-refractivity contribution < 1.29 is 30.1 Å². The number of hydroxylamine groups is 2. The number of Topliss-reactive ketones (excluding diaryl/α,β-unsaturated/α-hetero) is 1. The lowest BCUT2D eigenvalue weighted by molar-refractivity contribution is -0.167. The Hall–Kier alpha value is -2.90. The molecule has 0 saturated heterocycles. The molecule has 0 radical (unpaired) electrons. The zero-order chi connectivity index (χ0) is 20.2. The summed E-state index contributed by atoms with van der Waals surface area (Å²) in [6, 6.07) is 11.1. The number of hydrogen-bond acceptors (Lipinski definition) is 6. The number of phenolic OH excluding ortho intramolecular Hbond substituents is 2. The Balaban J connectivity index is 2.41. The Morgan fingerprint density at radius 3 is 2.11 bits per heavy atom. The van der Waals surface area contributed by atoms with Gasteiger partial charge in [0.05, 0.1) is 0 Å². The molecular weight excluding hydrogens is 350 g/mol. The smallest absolute Gasteiger partial charge is 0.313 e. The normalized spacial score (nSPS) is 13.0. The summed E-state index contributed by atoms with van der Waals surface area (Å²) in [6.07, 6.45) is 0.248. The lowest BCUT2D eigenvalue weighted by atomic mass is 9.82. The number of carbonyl (C=O) groups excluding carboxylic acids is 2. The Kier molecular flexibility index (Phi) is 6.20. The fourth-order valence-electron chi connectivity index (χ4n) is 2.83. The number of aliphatic hydroxyl groups is 1. The predicted molar refractivity (Wildman–Crippen MR) is 97.4 cm³/mol. The maximum atomic E-state index is 12.2. The average Bonchev–Trinajstić information content (AvgIpc) is 2.63. The second-order valence-electron chi connectivity index (χ2n) is 6.51. The summed E-state index contributed by atoms with van der Waals surface area (Å²) >= 11 is 0. The standard InChI is InChI=1S/C20H23NO6/c1-3-13-4-6-14(7-5-13)11-20(26,12-18(24)19(25)21(2)27)15-8-9-16(22)17(23)10-15/h4-10,22-23,26-27H,3,11-12H2,1-2H3. The highest BCUT2D eigenvalue weighted by Gasteiger charge is 2.36. The highest BCUT2D eigenvalue weighted by molar-refractivity contribution is 6.35. The zero-order valence-electron chi connectivity index (χ0n) is 15.2. The van der Waals surface area contributed by atoms with Gasteiger partial charge in [-0.05, 0) is 35.2 Å². The van der Waals surface area contributed by atoms with Gasteiger partial charge in [-0.15, -0.1) is 0 Å². The van der Waals surface area contributed by atoms with Crippen LogP contribution in [0.4, 0.5) is 0 Å². The van der Waals surface area contributed by atoms with E-state index in [9.17, 15) is 30.1 Å². The van der Waals surface area contributed by atoms with Crippen LogP contribution in [0.25, 0.3) is 0 Å². The van der Waals surface area contributed by atoms with E-state index in [2.05, 4.69) is 0 Å². The molecule has 0 bridgehead atoms. The third-order valence-electron chi connectivity index (χ3n) is 4.43. The second kappa shape index (κ2) is 8.20. The third kappa shape index (κ3) is 4.84. The first-order chi connectivity index (χ1) is 12.7. The minimum Gasteiger partial charge on any atom is -0.504 e. The quantitative estimate of drug-likeness (QED) is 0.255. The van der Waals surface area contributed by atoms with Crippen molar-refractivity contribution in [2.75, 3.05) is 7.05 Å². The van der Waals surface area contributed by atoms with Crippen LogP contribution in [-0.4, -0.2) is 44.3 Å². The van der Waals surface area contributed by atoms with E-state index in [-0.39, 0.29) is 22.8 Å². The van der Waals surface area contributed by atoms with E-state index in [4.69, 9.17) is 0 Å². The maximum Gasteiger partial charge on any atom is 0.313 e. The van der Waals surface area contributed by atoms with Gasteiger partial charge in [-0.2, -0.15) is 0 Å². The molecule has 0 fully saturated rings. The lowest BCUT2D eigenvalue weighted by Crippen LogP contribution is -2.38. The fraction of sp³-hybridized carbons (Fsp3) is 0.300. The van der Waals surface area contributed by atoms with Crippen LogP contribution in [0.15, 0.2) is 42.5 Å². The zero-order valence-corrected chi connectivity index (χ0v) is 15.2. The molecule has 7 nitrogen and oxygen atoms in total. The molecule has 2 rings (SSSR count). The van der Waals surface area contributed by atoms with E-state index in [1.54, 1.807) is 0 Å². The van der Waals surface area contributed by atoms with Crippen LogP contribution < -0.4 is 0 Å². The molecule has 27 heavy (non-hydrogen) atoms. The molecule has 0 aliphatic rings. The van der Waals surface area contributed by atoms with Crippen LogP contribution in [0.3, 0.4) is 0 Å². The van der Waals surface area contributed by atoms with Crippen molar-refractivity contribution in [3.63, 3.8) is 0 Å². The first-order valence-corrected chi connectivity index (χ1v) is 8.48. The predicted octanol–water partition coefficient (Wildman–Crippen LogP) is 1.90. The minimum atomic E-state index is -1.82. The van der Waals surface area contributed by atoms with Gasteiger partial charge in [0.1, 0.15) is 5.60 Å². The monoisotopic (exact) mass is 373 g/mol. The maximum absolute atomic E-state index is 12.2. The van der Waals surface area contributed by atoms with E-state index < -0.39 is 29.5 Å². The summed E-state index contributed by atoms with van der Waals surface area (Å²) in [7, 11) is 1.02. The molecule has 1 unspecified atom stereocenters. The van der Waals surface area contributed by atoms with E-state index in [0.29, 0.717) is 0 Å². The van der Waals surface area contributed by atoms with Crippen LogP contribution in [-0.2, 0) is 28.0 Å². The van der Waals surface area contributed by atoms with Crippen LogP contribution >= 0.6 is 0 Å². The lowest BCUT2D eigenvalue weighted by Gasteiger charge is -2.29. The van der Waals surface area contributed by atoms with E-state index >= 15 is 0 Å². The Labute approximate surface area is 157 Å². The molecule has 0 aromatic heterocycles. The van der Waals surface area contributed by atoms with Gasteiger partial charge < -0.3 is 15.3 Å². The van der Waals surface area contributed by atoms with Gasteiger partial charge in [-0.1, -0.05) is 37.3 Å². The van der Waals surface area contributed by atoms with Crippen LogP contribution in [0.5, 0.6) is 11.5 Å². The molecule has 4 N–H and O–H groups in total. The van der Waals surface area contributed by atoms with Crippen molar-refractivity contribution in [3.05, 3.63) is 59.2 Å². The van der Waals surface area contributed by atoms with Crippen LogP contribution in [0.1, 0.15) is 30.0 Å². The molecule has 0 aliphatic carbocycles. The van der Waals surface area contributed by atoms with E-state index in [1.165, 1.54) is 12.1 Å². The summed E-state index contributed by atoms with van der Waals surface area (Å²) in [5.41, 5.74) is 0.179. The Bertz CT molecular complexity index is 831. The van der Waals surface area contributed by atoms with Crippen molar-refractivity contribution in [1.82, 2.24) is 5.06 Å². The Morgan fingerprint density at radius 1 is 1.00 bits per heavy atom. The van der Waals surface area contributed by atoms with Crippen molar-refractivity contribution >= 4 is 11.7 Å². The first-order valence-electron chi connectivity index (χ1n) is 8.48. The van der Waals surface area contributed by atoms with Gasteiger partial charge >= 0.3 is 5.91 Å². The average molecular weight is 373 g/mol. The van der Waals surface area contributed by atoms with Gasteiger partial charge in [-0.25, -0.2) is 5.06 Å². The van der Waals surface area contributed by atoms with Gasteiger partial charge in [0.2, 0.25) is 5.78 Å². The summed E-state index contributed by atoms with van der Waals surface area (Å²) in [5.74, 6) is -2.96. The number of aromatic hydroxyl groups is 2. The van der Waals surface area contributed by atoms with Crippen LogP contribution in [0.2, 0.25) is 0 Å². The van der Waals surface area contributed by atoms with E-state index in [0.717, 1.165) is 30.7 Å². The summed E-state index contributed by atoms with van der Waals surface area (Å²) < 4.78 is 0.